The molecular formula is C20H15FN2NaO7S3. The van der Waals surface area contributed by atoms with Gasteiger partial charge in [-0.25, -0.2) is 31.0 Å². The van der Waals surface area contributed by atoms with Gasteiger partial charge in [0.25, 0.3) is 10.0 Å². The van der Waals surface area contributed by atoms with Gasteiger partial charge in [0.15, 0.2) is 15.5 Å². The Morgan fingerprint density at radius 1 is 1.15 bits per heavy atom. The van der Waals surface area contributed by atoms with Gasteiger partial charge in [0, 0.05) is 46.1 Å². The van der Waals surface area contributed by atoms with E-state index in [0.29, 0.717) is 15.6 Å². The van der Waals surface area contributed by atoms with Crippen LogP contribution in [-0.4, -0.2) is 68.7 Å². The van der Waals surface area contributed by atoms with E-state index in [4.69, 9.17) is 9.52 Å². The van der Waals surface area contributed by atoms with Crippen LogP contribution < -0.4 is 4.72 Å². The van der Waals surface area contributed by atoms with Gasteiger partial charge in [-0.2, -0.15) is 0 Å². The zero-order valence-corrected chi connectivity index (χ0v) is 22.4. The molecule has 0 aliphatic carbocycles. The number of carboxylic acids is 1. The van der Waals surface area contributed by atoms with Gasteiger partial charge in [0.1, 0.15) is 16.3 Å². The van der Waals surface area contributed by atoms with Gasteiger partial charge >= 0.3 is 5.97 Å². The Hall–Kier alpha value is -2.29. The number of nitrogens with one attached hydrogen (secondary N) is 1. The number of fused-ring (bicyclic) bond motifs is 1. The molecule has 0 saturated heterocycles. The maximum Gasteiger partial charge on any atom is 0.357 e. The first-order valence-electron chi connectivity index (χ1n) is 9.11. The first-order chi connectivity index (χ1) is 15.4. The number of hydrogen-bond donors (Lipinski definition) is 2. The third-order valence-corrected chi connectivity index (χ3v) is 9.09. The van der Waals surface area contributed by atoms with Gasteiger partial charge in [-0.3, -0.25) is 4.72 Å². The minimum absolute atomic E-state index is 0. The van der Waals surface area contributed by atoms with Crippen molar-refractivity contribution >= 4 is 82.5 Å². The van der Waals surface area contributed by atoms with Gasteiger partial charge in [0.2, 0.25) is 5.89 Å². The second-order valence-corrected chi connectivity index (χ2v) is 12.0. The van der Waals surface area contributed by atoms with Crippen molar-refractivity contribution in [1.82, 2.24) is 4.98 Å². The van der Waals surface area contributed by atoms with Crippen molar-refractivity contribution in [1.29, 1.82) is 0 Å². The summed E-state index contributed by atoms with van der Waals surface area (Å²) >= 11 is 0.930. The van der Waals surface area contributed by atoms with E-state index in [1.807, 2.05) is 0 Å². The summed E-state index contributed by atoms with van der Waals surface area (Å²) in [7, 11) is -8.15. The molecule has 0 unspecified atom stereocenters. The summed E-state index contributed by atoms with van der Waals surface area (Å²) in [6.45, 7) is 1.54. The molecular weight excluding hydrogens is 518 g/mol. The molecule has 2 aromatic carbocycles. The van der Waals surface area contributed by atoms with E-state index in [1.165, 1.54) is 37.3 Å². The molecule has 2 aromatic heterocycles. The molecule has 4 rings (SSSR count). The van der Waals surface area contributed by atoms with Crippen LogP contribution in [0.25, 0.3) is 21.5 Å². The van der Waals surface area contributed by atoms with Crippen molar-refractivity contribution in [3.63, 3.8) is 0 Å². The van der Waals surface area contributed by atoms with Crippen LogP contribution in [0, 0.1) is 12.7 Å². The number of sulfonamides is 1. The number of halogens is 1. The molecule has 0 saturated carbocycles. The van der Waals surface area contributed by atoms with Crippen LogP contribution in [0.3, 0.4) is 0 Å². The van der Waals surface area contributed by atoms with Crippen LogP contribution in [0.4, 0.5) is 10.1 Å². The predicted molar refractivity (Wildman–Crippen MR) is 125 cm³/mol. The summed E-state index contributed by atoms with van der Waals surface area (Å²) in [6.07, 6.45) is 1.80. The largest absolute Gasteiger partial charge is 0.476 e. The van der Waals surface area contributed by atoms with E-state index in [1.54, 1.807) is 0 Å². The SMILES string of the molecule is Cc1c(S(=O)(=O)Nc2ccc(-c3nc(C(=O)O)co3)cc2S(C)(=O)=O)sc2ccc(F)cc12.[Na]. The monoisotopic (exact) mass is 533 g/mol. The van der Waals surface area contributed by atoms with Gasteiger partial charge in [0.05, 0.1) is 10.6 Å². The number of aromatic carboxylic acids is 1. The van der Waals surface area contributed by atoms with E-state index in [2.05, 4.69) is 9.71 Å². The van der Waals surface area contributed by atoms with Crippen molar-refractivity contribution in [3.05, 3.63) is 59.7 Å². The standard InChI is InChI=1S/C20H15FN2O7S3.Na/c1-10-13-8-12(21)4-6-16(13)31-20(10)33(28,29)23-14-5-3-11(7-17(14)32(2,26)27)18-22-15(9-30-18)19(24)25;/h3-9,23H,1-2H3,(H,24,25);. The van der Waals surface area contributed by atoms with Crippen molar-refractivity contribution in [2.24, 2.45) is 0 Å². The zero-order valence-electron chi connectivity index (χ0n) is 18.0. The van der Waals surface area contributed by atoms with E-state index in [-0.39, 0.29) is 61.5 Å². The molecule has 0 aliphatic heterocycles. The molecule has 0 amide bonds. The minimum Gasteiger partial charge on any atom is -0.476 e. The van der Waals surface area contributed by atoms with Crippen molar-refractivity contribution in [2.75, 3.05) is 11.0 Å². The molecule has 34 heavy (non-hydrogen) atoms. The predicted octanol–water partition coefficient (Wildman–Crippen LogP) is 3.53. The first-order valence-corrected chi connectivity index (χ1v) is 13.3. The number of aryl methyl sites for hydroxylation is 1. The van der Waals surface area contributed by atoms with Crippen LogP contribution in [-0.2, 0) is 19.9 Å². The molecule has 0 fully saturated rings. The van der Waals surface area contributed by atoms with Gasteiger partial charge in [-0.1, -0.05) is 0 Å². The molecule has 1 radical (unpaired) electrons. The topological polar surface area (TPSA) is 144 Å². The number of carboxylic acid groups (broad SMARTS) is 1. The average molecular weight is 534 g/mol. The van der Waals surface area contributed by atoms with Crippen molar-refractivity contribution in [2.45, 2.75) is 16.0 Å². The van der Waals surface area contributed by atoms with Crippen LogP contribution in [0.5, 0.6) is 0 Å². The maximum atomic E-state index is 13.6. The molecule has 4 aromatic rings. The van der Waals surface area contributed by atoms with Crippen LogP contribution in [0.2, 0.25) is 0 Å². The van der Waals surface area contributed by atoms with E-state index >= 15 is 0 Å². The van der Waals surface area contributed by atoms with Gasteiger partial charge in [-0.05, 0) is 54.3 Å². The fourth-order valence-corrected chi connectivity index (χ4v) is 6.92. The summed E-state index contributed by atoms with van der Waals surface area (Å²) in [5.41, 5.74) is -0.110. The number of carbonyl (C=O) groups is 1. The number of nitrogens with zero attached hydrogens (tertiary/aromatic N) is 1. The smallest absolute Gasteiger partial charge is 0.357 e. The average Bonchev–Trinajstić information content (AvgIpc) is 3.33. The molecule has 173 valence electrons. The minimum atomic E-state index is -4.22. The third kappa shape index (κ3) is 5.04. The number of hydrogen-bond acceptors (Lipinski definition) is 8. The summed E-state index contributed by atoms with van der Waals surface area (Å²) in [4.78, 5) is 14.4. The normalized spacial score (nSPS) is 11.9. The Morgan fingerprint density at radius 2 is 1.85 bits per heavy atom. The van der Waals surface area contributed by atoms with E-state index in [9.17, 15) is 26.0 Å². The molecule has 0 aliphatic rings. The summed E-state index contributed by atoms with van der Waals surface area (Å²) in [6, 6.07) is 7.63. The first kappa shape index (κ1) is 26.3. The fraction of sp³-hybridized carbons (Fsp3) is 0.100. The van der Waals surface area contributed by atoms with E-state index in [0.717, 1.165) is 29.9 Å². The molecule has 2 N–H and O–H groups in total. The Bertz CT molecular complexity index is 1640. The quantitative estimate of drug-likeness (QED) is 0.358. The number of aromatic nitrogens is 1. The number of sulfone groups is 1. The Balaban J connectivity index is 0.00000324. The Kier molecular flexibility index (Phi) is 7.27. The van der Waals surface area contributed by atoms with E-state index < -0.39 is 31.6 Å². The second-order valence-electron chi connectivity index (χ2n) is 7.09. The van der Waals surface area contributed by atoms with Crippen LogP contribution >= 0.6 is 11.3 Å². The van der Waals surface area contributed by atoms with Crippen LogP contribution in [0.1, 0.15) is 16.1 Å². The summed E-state index contributed by atoms with van der Waals surface area (Å²) < 4.78 is 72.5. The number of rotatable bonds is 6. The zero-order chi connectivity index (χ0) is 24.1. The maximum absolute atomic E-state index is 13.6. The number of benzene rings is 2. The number of thiophene rings is 1. The molecule has 0 bridgehead atoms. The molecule has 0 atom stereocenters. The molecule has 9 nitrogen and oxygen atoms in total. The molecule has 0 spiro atoms. The number of anilines is 1. The Morgan fingerprint density at radius 3 is 2.47 bits per heavy atom. The summed E-state index contributed by atoms with van der Waals surface area (Å²) in [5.74, 6) is -1.97. The van der Waals surface area contributed by atoms with Crippen LogP contribution in [0.15, 0.2) is 56.2 Å². The number of oxazole rings is 1. The Labute approximate surface area is 219 Å². The van der Waals surface area contributed by atoms with Gasteiger partial charge < -0.3 is 9.52 Å². The molecule has 2 heterocycles. The third-order valence-electron chi connectivity index (χ3n) is 4.69. The second kappa shape index (κ2) is 9.40. The molecule has 14 heteroatoms. The summed E-state index contributed by atoms with van der Waals surface area (Å²) in [5, 5.41) is 9.43. The van der Waals surface area contributed by atoms with Crippen molar-refractivity contribution < 1.29 is 35.5 Å². The fourth-order valence-electron chi connectivity index (χ4n) is 3.17. The van der Waals surface area contributed by atoms with Gasteiger partial charge in [-0.15, -0.1) is 11.3 Å². The van der Waals surface area contributed by atoms with Crippen molar-refractivity contribution in [3.8, 4) is 11.5 Å².